The molecule has 0 saturated carbocycles. The zero-order valence-corrected chi connectivity index (χ0v) is 23.8. The molecular weight excluding hydrogens is 607 g/mol. The maximum Gasteiger partial charge on any atom is 0.296 e. The monoisotopic (exact) mass is 627 g/mol. The van der Waals surface area contributed by atoms with Crippen molar-refractivity contribution in [3.63, 3.8) is 0 Å². The molecule has 0 aliphatic heterocycles. The summed E-state index contributed by atoms with van der Waals surface area (Å²) in [5, 5.41) is 12.6. The van der Waals surface area contributed by atoms with Gasteiger partial charge in [0.25, 0.3) is 30.4 Å². The molecule has 0 atom stereocenters. The molecule has 0 amide bonds. The summed E-state index contributed by atoms with van der Waals surface area (Å²) < 4.78 is 102. The minimum absolute atomic E-state index is 0.00123. The minimum atomic E-state index is -4.89. The fraction of sp³-hybridized carbons (Fsp3) is 0.353. The van der Waals surface area contributed by atoms with Crippen LogP contribution in [0.25, 0.3) is 5.69 Å². The van der Waals surface area contributed by atoms with Crippen molar-refractivity contribution < 1.29 is 38.9 Å². The Morgan fingerprint density at radius 2 is 1.71 bits per heavy atom. The van der Waals surface area contributed by atoms with Crippen LogP contribution in [0.2, 0.25) is 0 Å². The molecule has 0 unspecified atom stereocenters. The maximum atomic E-state index is 12.0. The smallest absolute Gasteiger partial charge is 0.296 e. The van der Waals surface area contributed by atoms with Gasteiger partial charge in [0, 0.05) is 22.7 Å². The van der Waals surface area contributed by atoms with Crippen molar-refractivity contribution in [3.05, 3.63) is 23.9 Å². The molecule has 16 nitrogen and oxygen atoms in total. The molecule has 2 heterocycles. The van der Waals surface area contributed by atoms with E-state index in [1.54, 1.807) is 20.8 Å². The number of hydrogen-bond acceptors (Lipinski definition) is 14. The van der Waals surface area contributed by atoms with E-state index >= 15 is 0 Å². The highest BCUT2D eigenvalue weighted by Crippen LogP contribution is 2.39. The Balaban J connectivity index is 2.09. The summed E-state index contributed by atoms with van der Waals surface area (Å²) >= 11 is 1.80. The number of azo groups is 1. The van der Waals surface area contributed by atoms with Gasteiger partial charge >= 0.3 is 0 Å². The molecular formula is C17H21N7O9S5. The number of rotatable bonds is 9. The Morgan fingerprint density at radius 3 is 2.26 bits per heavy atom. The average Bonchev–Trinajstić information content (AvgIpc) is 3.33. The van der Waals surface area contributed by atoms with Crippen molar-refractivity contribution in [2.24, 2.45) is 10.2 Å². The number of nitrogens with two attached hydrogens (primary N) is 1. The van der Waals surface area contributed by atoms with Crippen molar-refractivity contribution >= 4 is 70.3 Å². The van der Waals surface area contributed by atoms with Crippen LogP contribution in [0, 0.1) is 0 Å². The first-order chi connectivity index (χ1) is 17.3. The predicted octanol–water partition coefficient (Wildman–Crippen LogP) is 2.49. The molecule has 0 bridgehead atoms. The third-order valence-electron chi connectivity index (χ3n) is 4.54. The van der Waals surface area contributed by atoms with Crippen molar-refractivity contribution in [1.29, 1.82) is 0 Å². The molecule has 0 spiro atoms. The van der Waals surface area contributed by atoms with Crippen molar-refractivity contribution in [3.8, 4) is 5.69 Å². The number of anilines is 1. The number of nitrogens with zero attached hydrogens (tertiary/aromatic N) is 6. The molecule has 5 N–H and O–H groups in total. The van der Waals surface area contributed by atoms with Crippen LogP contribution in [0.4, 0.5) is 16.6 Å². The first kappa shape index (κ1) is 30.0. The lowest BCUT2D eigenvalue weighted by Crippen LogP contribution is -2.14. The molecule has 0 saturated heterocycles. The van der Waals surface area contributed by atoms with Gasteiger partial charge in [0.2, 0.25) is 10.3 Å². The number of thioether (sulfide) groups is 1. The third-order valence-corrected chi connectivity index (χ3v) is 8.84. The van der Waals surface area contributed by atoms with E-state index in [9.17, 15) is 34.4 Å². The lowest BCUT2D eigenvalue weighted by molar-refractivity contribution is 0.477. The summed E-state index contributed by atoms with van der Waals surface area (Å²) in [5.74, 6) is -0.773. The summed E-state index contributed by atoms with van der Waals surface area (Å²) in [6.45, 7) is 5.22. The summed E-state index contributed by atoms with van der Waals surface area (Å²) in [6, 6.07) is 2.33. The van der Waals surface area contributed by atoms with E-state index in [0.29, 0.717) is 0 Å². The molecule has 1 aromatic carbocycles. The van der Waals surface area contributed by atoms with E-state index in [4.69, 9.17) is 10.3 Å². The lowest BCUT2D eigenvalue weighted by Gasteiger charge is -2.15. The van der Waals surface area contributed by atoms with Gasteiger partial charge in [-0.1, -0.05) is 32.5 Å². The van der Waals surface area contributed by atoms with Gasteiger partial charge < -0.3 is 5.73 Å². The Bertz CT molecular complexity index is 1720. The van der Waals surface area contributed by atoms with Crippen molar-refractivity contribution in [2.75, 3.05) is 17.2 Å². The molecule has 208 valence electrons. The quantitative estimate of drug-likeness (QED) is 0.151. The van der Waals surface area contributed by atoms with Crippen LogP contribution in [-0.2, 0) is 35.8 Å². The molecule has 3 rings (SSSR count). The van der Waals surface area contributed by atoms with E-state index < -0.39 is 57.0 Å². The van der Waals surface area contributed by atoms with Crippen LogP contribution in [0.3, 0.4) is 0 Å². The van der Waals surface area contributed by atoms with Crippen LogP contribution in [0.5, 0.6) is 0 Å². The number of nitrogen functional groups attached to an aromatic ring is 1. The highest BCUT2D eigenvalue weighted by molar-refractivity contribution is 8.00. The van der Waals surface area contributed by atoms with Gasteiger partial charge in [-0.3, -0.25) is 13.7 Å². The maximum absolute atomic E-state index is 12.0. The summed E-state index contributed by atoms with van der Waals surface area (Å²) in [4.78, 5) is 2.66. The second-order valence-corrected chi connectivity index (χ2v) is 14.7. The van der Waals surface area contributed by atoms with E-state index in [2.05, 4.69) is 24.7 Å². The van der Waals surface area contributed by atoms with Crippen LogP contribution in [-0.4, -0.2) is 69.6 Å². The molecule has 38 heavy (non-hydrogen) atoms. The van der Waals surface area contributed by atoms with Crippen molar-refractivity contribution in [1.82, 2.24) is 19.1 Å². The Hall–Kier alpha value is -2.53. The number of benzene rings is 1. The van der Waals surface area contributed by atoms with Crippen LogP contribution in [0.1, 0.15) is 26.5 Å². The Morgan fingerprint density at radius 1 is 1.05 bits per heavy atom. The summed E-state index contributed by atoms with van der Waals surface area (Å²) in [7, 11) is -13.8. The molecule has 3 aromatic rings. The van der Waals surface area contributed by atoms with Gasteiger partial charge in [0.15, 0.2) is 11.5 Å². The van der Waals surface area contributed by atoms with Gasteiger partial charge in [-0.2, -0.15) is 39.7 Å². The zero-order valence-electron chi connectivity index (χ0n) is 19.7. The standard InChI is InChI=1S/C17H21N7O9S5/c1-17(2,3)13-12(20-21-15-19-16(23-35-15)34-6-7-36(25,26)27)14(18)24(22-13)10-8-9(37(28,29)30)4-5-11(10)38(31,32)33/h4-5,8H,6-7,18H2,1-3H3,(H,25,26,27)(H,28,29,30)(H,31,32,33). The van der Waals surface area contributed by atoms with E-state index in [1.165, 1.54) is 0 Å². The number of aromatic nitrogens is 4. The highest BCUT2D eigenvalue weighted by atomic mass is 32.2. The topological polar surface area (TPSA) is 257 Å². The normalized spacial score (nSPS) is 13.4. The highest BCUT2D eigenvalue weighted by Gasteiger charge is 2.30. The minimum Gasteiger partial charge on any atom is -0.382 e. The first-order valence-electron chi connectivity index (χ1n) is 10.1. The van der Waals surface area contributed by atoms with E-state index in [-0.39, 0.29) is 33.2 Å². The van der Waals surface area contributed by atoms with Crippen LogP contribution < -0.4 is 5.73 Å². The molecule has 0 aliphatic rings. The first-order valence-corrected chi connectivity index (χ1v) is 16.3. The van der Waals surface area contributed by atoms with Gasteiger partial charge in [0.05, 0.1) is 22.0 Å². The average molecular weight is 628 g/mol. The van der Waals surface area contributed by atoms with Gasteiger partial charge in [-0.25, -0.2) is 4.68 Å². The predicted molar refractivity (Wildman–Crippen MR) is 138 cm³/mol. The lowest BCUT2D eigenvalue weighted by atomic mass is 9.91. The fourth-order valence-electron chi connectivity index (χ4n) is 2.88. The SMILES string of the molecule is CC(C)(C)c1nn(-c2cc(S(=O)(=O)O)ccc2S(=O)(=O)O)c(N)c1N=Nc1nc(SCCS(=O)(=O)O)ns1. The molecule has 21 heteroatoms. The van der Waals surface area contributed by atoms with Crippen molar-refractivity contribution in [2.45, 2.75) is 41.1 Å². The van der Waals surface area contributed by atoms with Crippen LogP contribution >= 0.6 is 23.3 Å². The van der Waals surface area contributed by atoms with E-state index in [0.717, 1.165) is 46.2 Å². The zero-order chi connectivity index (χ0) is 28.7. The molecule has 0 fully saturated rings. The second-order valence-electron chi connectivity index (χ2n) is 8.52. The van der Waals surface area contributed by atoms with Gasteiger partial charge in [0.1, 0.15) is 4.90 Å². The van der Waals surface area contributed by atoms with Crippen LogP contribution in [0.15, 0.2) is 43.4 Å². The molecule has 0 radical (unpaired) electrons. The number of hydrogen-bond donors (Lipinski definition) is 4. The van der Waals surface area contributed by atoms with E-state index in [1.807, 2.05) is 0 Å². The summed E-state index contributed by atoms with van der Waals surface area (Å²) in [5.41, 5.74) is 5.19. The van der Waals surface area contributed by atoms with Gasteiger partial charge in [-0.15, -0.1) is 10.2 Å². The largest absolute Gasteiger partial charge is 0.382 e. The fourth-order valence-corrected chi connectivity index (χ4v) is 6.33. The molecule has 2 aromatic heterocycles. The molecule has 0 aliphatic carbocycles. The Labute approximate surface area is 225 Å². The summed E-state index contributed by atoms with van der Waals surface area (Å²) in [6.07, 6.45) is 0. The second kappa shape index (κ2) is 10.6. The van der Waals surface area contributed by atoms with Gasteiger partial charge in [-0.05, 0) is 18.2 Å². The Kier molecular flexibility index (Phi) is 8.34. The third kappa shape index (κ3) is 7.31.